The Bertz CT molecular complexity index is 1020. The van der Waals surface area contributed by atoms with Gasteiger partial charge in [0.05, 0.1) is 19.3 Å². The van der Waals surface area contributed by atoms with E-state index in [1.165, 1.54) is 28.1 Å². The van der Waals surface area contributed by atoms with Gasteiger partial charge in [0.2, 0.25) is 11.8 Å². The summed E-state index contributed by atoms with van der Waals surface area (Å²) in [5.74, 6) is -1.88. The van der Waals surface area contributed by atoms with Crippen LogP contribution in [0.2, 0.25) is 5.15 Å². The molecule has 2 aliphatic rings. The largest absolute Gasteiger partial charge is 0.409 e. The maximum atomic E-state index is 15.0. The molecule has 162 valence electrons. The van der Waals surface area contributed by atoms with Crippen molar-refractivity contribution in [2.24, 2.45) is 0 Å². The standard InChI is InChI=1S/C18H18ClF4N5O2/c1-10-9-30-7-6-26(10)15-14(20)16(29)28-12(18(21,22)23)3-5-27(17(28)25-15)11-2-4-24-13(19)8-11/h2,4,8,10,12H,3,5-7,9H2,1H3/t10-,12-/m1/s1. The van der Waals surface area contributed by atoms with Crippen LogP contribution < -0.4 is 15.4 Å². The van der Waals surface area contributed by atoms with Crippen molar-refractivity contribution in [1.29, 1.82) is 0 Å². The van der Waals surface area contributed by atoms with Crippen LogP contribution in [0.3, 0.4) is 0 Å². The number of hydrogen-bond donors (Lipinski definition) is 0. The molecule has 2 aliphatic heterocycles. The van der Waals surface area contributed by atoms with Crippen LogP contribution >= 0.6 is 11.6 Å². The van der Waals surface area contributed by atoms with Crippen LogP contribution in [0.25, 0.3) is 0 Å². The zero-order valence-electron chi connectivity index (χ0n) is 15.9. The molecular formula is C18H18ClF4N5O2. The molecular weight excluding hydrogens is 430 g/mol. The molecule has 2 atom stereocenters. The molecule has 7 nitrogen and oxygen atoms in total. The van der Waals surface area contributed by atoms with Crippen molar-refractivity contribution in [3.05, 3.63) is 39.7 Å². The monoisotopic (exact) mass is 447 g/mol. The van der Waals surface area contributed by atoms with E-state index in [0.717, 1.165) is 0 Å². The molecule has 0 spiro atoms. The second-order valence-electron chi connectivity index (χ2n) is 7.18. The number of alkyl halides is 3. The summed E-state index contributed by atoms with van der Waals surface area (Å²) in [5.41, 5.74) is -0.954. The average molecular weight is 448 g/mol. The molecule has 2 aromatic rings. The van der Waals surface area contributed by atoms with E-state index in [1.807, 2.05) is 0 Å². The molecule has 1 fully saturated rings. The molecule has 0 aromatic carbocycles. The lowest BCUT2D eigenvalue weighted by molar-refractivity contribution is -0.170. The highest BCUT2D eigenvalue weighted by atomic mass is 35.5. The van der Waals surface area contributed by atoms with Crippen LogP contribution in [0.5, 0.6) is 0 Å². The Kier molecular flexibility index (Phi) is 5.35. The van der Waals surface area contributed by atoms with Crippen LogP contribution in [0.4, 0.5) is 35.0 Å². The number of pyridine rings is 1. The molecule has 0 unspecified atom stereocenters. The summed E-state index contributed by atoms with van der Waals surface area (Å²) < 4.78 is 61.7. The smallest absolute Gasteiger partial charge is 0.377 e. The Labute approximate surface area is 173 Å². The van der Waals surface area contributed by atoms with Crippen molar-refractivity contribution in [3.63, 3.8) is 0 Å². The predicted molar refractivity (Wildman–Crippen MR) is 102 cm³/mol. The lowest BCUT2D eigenvalue weighted by Gasteiger charge is -2.39. The minimum absolute atomic E-state index is 0.0826. The van der Waals surface area contributed by atoms with Crippen molar-refractivity contribution in [2.45, 2.75) is 31.6 Å². The van der Waals surface area contributed by atoms with Crippen molar-refractivity contribution in [1.82, 2.24) is 14.5 Å². The molecule has 12 heteroatoms. The fourth-order valence-corrected chi connectivity index (χ4v) is 3.96. The maximum absolute atomic E-state index is 15.0. The van der Waals surface area contributed by atoms with Crippen LogP contribution in [0.15, 0.2) is 23.1 Å². The molecule has 0 bridgehead atoms. The van der Waals surface area contributed by atoms with Crippen molar-refractivity contribution in [3.8, 4) is 0 Å². The minimum Gasteiger partial charge on any atom is -0.377 e. The quantitative estimate of drug-likeness (QED) is 0.520. The van der Waals surface area contributed by atoms with Gasteiger partial charge in [0, 0.05) is 25.0 Å². The third-order valence-electron chi connectivity index (χ3n) is 5.24. The van der Waals surface area contributed by atoms with Gasteiger partial charge in [-0.2, -0.15) is 22.5 Å². The molecule has 0 aliphatic carbocycles. The van der Waals surface area contributed by atoms with E-state index < -0.39 is 30.0 Å². The topological polar surface area (TPSA) is 63.5 Å². The fraction of sp³-hybridized carbons (Fsp3) is 0.500. The lowest BCUT2D eigenvalue weighted by atomic mass is 10.1. The summed E-state index contributed by atoms with van der Waals surface area (Å²) in [6.45, 7) is 2.52. The van der Waals surface area contributed by atoms with Crippen molar-refractivity contribution in [2.75, 3.05) is 36.1 Å². The van der Waals surface area contributed by atoms with Crippen LogP contribution in [-0.2, 0) is 4.74 Å². The second-order valence-corrected chi connectivity index (χ2v) is 7.56. The van der Waals surface area contributed by atoms with E-state index >= 15 is 4.39 Å². The van der Waals surface area contributed by atoms with Gasteiger partial charge < -0.3 is 14.5 Å². The molecule has 0 radical (unpaired) electrons. The Balaban J connectivity index is 1.92. The number of anilines is 3. The first-order valence-electron chi connectivity index (χ1n) is 9.30. The zero-order valence-corrected chi connectivity index (χ0v) is 16.6. The fourth-order valence-electron chi connectivity index (χ4n) is 3.79. The first-order valence-corrected chi connectivity index (χ1v) is 9.68. The normalized spacial score (nSPS) is 22.2. The Morgan fingerprint density at radius 1 is 1.30 bits per heavy atom. The molecule has 2 aromatic heterocycles. The van der Waals surface area contributed by atoms with Gasteiger partial charge in [-0.25, -0.2) is 4.98 Å². The number of ether oxygens (including phenoxy) is 1. The highest BCUT2D eigenvalue weighted by molar-refractivity contribution is 6.29. The number of hydrogen-bond acceptors (Lipinski definition) is 6. The van der Waals surface area contributed by atoms with Crippen molar-refractivity contribution >= 4 is 29.1 Å². The Morgan fingerprint density at radius 2 is 2.07 bits per heavy atom. The van der Waals surface area contributed by atoms with Gasteiger partial charge >= 0.3 is 6.18 Å². The molecule has 0 N–H and O–H groups in total. The Hall–Kier alpha value is -2.40. The van der Waals surface area contributed by atoms with Crippen LogP contribution in [-0.4, -0.2) is 53.1 Å². The number of aromatic nitrogens is 3. The molecule has 30 heavy (non-hydrogen) atoms. The summed E-state index contributed by atoms with van der Waals surface area (Å²) in [7, 11) is 0. The lowest BCUT2D eigenvalue weighted by Crippen LogP contribution is -2.49. The number of morpholine rings is 1. The van der Waals surface area contributed by atoms with Crippen molar-refractivity contribution < 1.29 is 22.3 Å². The van der Waals surface area contributed by atoms with Gasteiger partial charge in [-0.15, -0.1) is 0 Å². The van der Waals surface area contributed by atoms with E-state index in [0.29, 0.717) is 16.9 Å². The van der Waals surface area contributed by atoms with E-state index in [2.05, 4.69) is 9.97 Å². The number of halogens is 5. The third kappa shape index (κ3) is 3.60. The summed E-state index contributed by atoms with van der Waals surface area (Å²) >= 11 is 5.93. The summed E-state index contributed by atoms with van der Waals surface area (Å²) in [6.07, 6.45) is -3.78. The summed E-state index contributed by atoms with van der Waals surface area (Å²) in [4.78, 5) is 23.9. The number of fused-ring (bicyclic) bond motifs is 1. The molecule has 0 saturated carbocycles. The average Bonchev–Trinajstić information content (AvgIpc) is 2.69. The molecule has 4 heterocycles. The summed E-state index contributed by atoms with van der Waals surface area (Å²) in [6, 6.07) is 0.518. The van der Waals surface area contributed by atoms with E-state index in [4.69, 9.17) is 16.3 Å². The van der Waals surface area contributed by atoms with Gasteiger partial charge in [-0.05, 0) is 25.5 Å². The van der Waals surface area contributed by atoms with Gasteiger partial charge in [0.15, 0.2) is 5.82 Å². The zero-order chi connectivity index (χ0) is 21.6. The van der Waals surface area contributed by atoms with Gasteiger partial charge in [-0.1, -0.05) is 11.6 Å². The van der Waals surface area contributed by atoms with Crippen LogP contribution in [0.1, 0.15) is 19.4 Å². The van der Waals surface area contributed by atoms with Gasteiger partial charge in [0.1, 0.15) is 11.2 Å². The first kappa shape index (κ1) is 20.9. The Morgan fingerprint density at radius 3 is 2.73 bits per heavy atom. The predicted octanol–water partition coefficient (Wildman–Crippen LogP) is 3.30. The molecule has 0 amide bonds. The molecule has 4 rings (SSSR count). The number of rotatable bonds is 2. The van der Waals surface area contributed by atoms with Crippen LogP contribution in [0, 0.1) is 5.82 Å². The first-order chi connectivity index (χ1) is 14.2. The second kappa shape index (κ2) is 7.69. The van der Waals surface area contributed by atoms with Gasteiger partial charge in [0.25, 0.3) is 5.56 Å². The highest BCUT2D eigenvalue weighted by Crippen LogP contribution is 2.41. The van der Waals surface area contributed by atoms with E-state index in [-0.39, 0.29) is 42.7 Å². The SMILES string of the molecule is C[C@@H]1COCCN1c1nc2n(c(=O)c1F)[C@@H](C(F)(F)F)CCN2c1ccnc(Cl)c1. The minimum atomic E-state index is -4.73. The molecule has 1 saturated heterocycles. The third-order valence-corrected chi connectivity index (χ3v) is 5.45. The number of nitrogens with zero attached hydrogens (tertiary/aromatic N) is 5. The van der Waals surface area contributed by atoms with Gasteiger partial charge in [-0.3, -0.25) is 9.36 Å². The van der Waals surface area contributed by atoms with E-state index in [1.54, 1.807) is 6.92 Å². The van der Waals surface area contributed by atoms with E-state index in [9.17, 15) is 18.0 Å². The highest BCUT2D eigenvalue weighted by Gasteiger charge is 2.47. The maximum Gasteiger partial charge on any atom is 0.409 e. The summed E-state index contributed by atoms with van der Waals surface area (Å²) in [5, 5.41) is 0.128.